The largest absolute Gasteiger partial charge is 0.369 e. The topological polar surface area (TPSA) is 76.7 Å². The van der Waals surface area contributed by atoms with Gasteiger partial charge in [-0.05, 0) is 56.3 Å². The molecule has 3 amide bonds. The van der Waals surface area contributed by atoms with Gasteiger partial charge < -0.3 is 25.8 Å². The summed E-state index contributed by atoms with van der Waals surface area (Å²) in [6.45, 7) is 12.0. The lowest BCUT2D eigenvalue weighted by molar-refractivity contribution is -0.114. The fraction of sp³-hybridized carbons (Fsp3) is 0.417. The third-order valence-corrected chi connectivity index (χ3v) is 5.77. The van der Waals surface area contributed by atoms with E-state index < -0.39 is 12.1 Å². The van der Waals surface area contributed by atoms with Crippen LogP contribution in [0.2, 0.25) is 0 Å². The molecule has 0 aromatic heterocycles. The fourth-order valence-corrected chi connectivity index (χ4v) is 3.93. The van der Waals surface area contributed by atoms with Gasteiger partial charge in [-0.2, -0.15) is 0 Å². The number of aryl methyl sites for hydroxylation is 1. The van der Waals surface area contributed by atoms with Crippen LogP contribution < -0.4 is 20.9 Å². The minimum atomic E-state index is -0.402. The molecule has 172 valence electrons. The SMILES string of the molecule is CCN1CCN(c2ccc(F)cc2C(C)NC(=O)Nc2ccc(C)c(NC(C)=O)c2)CC1. The first kappa shape index (κ1) is 23.5. The third-order valence-electron chi connectivity index (χ3n) is 5.77. The number of halogens is 1. The maximum absolute atomic E-state index is 14.1. The Morgan fingerprint density at radius 1 is 1.06 bits per heavy atom. The third kappa shape index (κ3) is 5.97. The number of urea groups is 1. The zero-order valence-electron chi connectivity index (χ0n) is 19.2. The molecule has 3 rings (SSSR count). The molecule has 1 aliphatic heterocycles. The van der Waals surface area contributed by atoms with Gasteiger partial charge in [-0.3, -0.25) is 4.79 Å². The van der Waals surface area contributed by atoms with Crippen LogP contribution in [0.4, 0.5) is 26.2 Å². The number of piperazine rings is 1. The van der Waals surface area contributed by atoms with E-state index in [0.29, 0.717) is 11.4 Å². The molecule has 0 radical (unpaired) electrons. The summed E-state index contributed by atoms with van der Waals surface area (Å²) in [4.78, 5) is 28.7. The first-order valence-electron chi connectivity index (χ1n) is 11.0. The second-order valence-electron chi connectivity index (χ2n) is 8.16. The highest BCUT2D eigenvalue weighted by Crippen LogP contribution is 2.29. The van der Waals surface area contributed by atoms with Crippen LogP contribution in [0, 0.1) is 12.7 Å². The summed E-state index contributed by atoms with van der Waals surface area (Å²) in [6, 6.07) is 9.26. The zero-order chi connectivity index (χ0) is 23.3. The first-order valence-corrected chi connectivity index (χ1v) is 11.0. The molecule has 0 bridgehead atoms. The van der Waals surface area contributed by atoms with E-state index in [9.17, 15) is 14.0 Å². The fourth-order valence-electron chi connectivity index (χ4n) is 3.93. The van der Waals surface area contributed by atoms with Gasteiger partial charge in [0.2, 0.25) is 5.91 Å². The van der Waals surface area contributed by atoms with Crippen molar-refractivity contribution in [3.05, 3.63) is 53.3 Å². The van der Waals surface area contributed by atoms with Gasteiger partial charge in [0.15, 0.2) is 0 Å². The molecule has 2 aromatic carbocycles. The van der Waals surface area contributed by atoms with Crippen molar-refractivity contribution in [3.63, 3.8) is 0 Å². The molecule has 1 fully saturated rings. The summed E-state index contributed by atoms with van der Waals surface area (Å²) in [7, 11) is 0. The standard InChI is InChI=1S/C24H32FN5O2/c1-5-29-10-12-30(13-11-29)23-9-7-19(25)14-21(23)17(3)26-24(32)28-20-8-6-16(2)22(15-20)27-18(4)31/h6-9,14-15,17H,5,10-13H2,1-4H3,(H,27,31)(H2,26,28,32). The van der Waals surface area contributed by atoms with E-state index in [1.807, 2.05) is 19.9 Å². The van der Waals surface area contributed by atoms with Crippen LogP contribution in [0.25, 0.3) is 0 Å². The first-order chi connectivity index (χ1) is 15.3. The highest BCUT2D eigenvalue weighted by atomic mass is 19.1. The summed E-state index contributed by atoms with van der Waals surface area (Å²) in [5.41, 5.74) is 3.78. The molecule has 3 N–H and O–H groups in total. The van der Waals surface area contributed by atoms with Crippen LogP contribution in [0.3, 0.4) is 0 Å². The molecule has 1 atom stereocenters. The Labute approximate surface area is 189 Å². The van der Waals surface area contributed by atoms with Gasteiger partial charge in [-0.15, -0.1) is 0 Å². The molecular formula is C24H32FN5O2. The number of anilines is 3. The van der Waals surface area contributed by atoms with E-state index in [1.165, 1.54) is 19.1 Å². The van der Waals surface area contributed by atoms with Crippen LogP contribution in [-0.2, 0) is 4.79 Å². The number of hydrogen-bond donors (Lipinski definition) is 3. The maximum atomic E-state index is 14.1. The molecule has 1 heterocycles. The quantitative estimate of drug-likeness (QED) is 0.630. The number of carbonyl (C=O) groups excluding carboxylic acids is 2. The van der Waals surface area contributed by atoms with Crippen molar-refractivity contribution in [2.45, 2.75) is 33.7 Å². The number of hydrogen-bond acceptors (Lipinski definition) is 4. The summed E-state index contributed by atoms with van der Waals surface area (Å²) in [5, 5.41) is 8.45. The van der Waals surface area contributed by atoms with Crippen molar-refractivity contribution in [3.8, 4) is 0 Å². The number of carbonyl (C=O) groups is 2. The van der Waals surface area contributed by atoms with Gasteiger partial charge in [0.05, 0.1) is 6.04 Å². The number of rotatable bonds is 6. The van der Waals surface area contributed by atoms with E-state index in [0.717, 1.165) is 49.5 Å². The zero-order valence-corrected chi connectivity index (χ0v) is 19.2. The van der Waals surface area contributed by atoms with Crippen molar-refractivity contribution in [1.29, 1.82) is 0 Å². The smallest absolute Gasteiger partial charge is 0.319 e. The number of amides is 3. The predicted octanol–water partition coefficient (Wildman–Crippen LogP) is 4.12. The predicted molar refractivity (Wildman–Crippen MR) is 127 cm³/mol. The van der Waals surface area contributed by atoms with Crippen molar-refractivity contribution < 1.29 is 14.0 Å². The minimum absolute atomic E-state index is 0.179. The van der Waals surface area contributed by atoms with Crippen molar-refractivity contribution in [2.24, 2.45) is 0 Å². The molecule has 32 heavy (non-hydrogen) atoms. The lowest BCUT2D eigenvalue weighted by Crippen LogP contribution is -2.46. The Kier molecular flexibility index (Phi) is 7.69. The van der Waals surface area contributed by atoms with Gasteiger partial charge in [0, 0.05) is 55.7 Å². The van der Waals surface area contributed by atoms with Crippen molar-refractivity contribution >= 4 is 29.0 Å². The molecule has 2 aromatic rings. The van der Waals surface area contributed by atoms with Gasteiger partial charge in [-0.25, -0.2) is 9.18 Å². The van der Waals surface area contributed by atoms with E-state index in [4.69, 9.17) is 0 Å². The van der Waals surface area contributed by atoms with E-state index in [1.54, 1.807) is 18.2 Å². The van der Waals surface area contributed by atoms with Crippen molar-refractivity contribution in [1.82, 2.24) is 10.2 Å². The summed E-state index contributed by atoms with van der Waals surface area (Å²) >= 11 is 0. The number of nitrogens with one attached hydrogen (secondary N) is 3. The summed E-state index contributed by atoms with van der Waals surface area (Å²) in [5.74, 6) is -0.509. The van der Waals surface area contributed by atoms with Crippen LogP contribution in [0.15, 0.2) is 36.4 Å². The van der Waals surface area contributed by atoms with Gasteiger partial charge in [0.1, 0.15) is 5.82 Å². The van der Waals surface area contributed by atoms with E-state index in [2.05, 4.69) is 32.7 Å². The van der Waals surface area contributed by atoms with Crippen LogP contribution in [0.1, 0.15) is 37.9 Å². The number of nitrogens with zero attached hydrogens (tertiary/aromatic N) is 2. The minimum Gasteiger partial charge on any atom is -0.369 e. The normalized spacial score (nSPS) is 15.2. The molecule has 0 aliphatic carbocycles. The molecule has 7 nitrogen and oxygen atoms in total. The lowest BCUT2D eigenvalue weighted by Gasteiger charge is -2.37. The highest BCUT2D eigenvalue weighted by Gasteiger charge is 2.22. The molecule has 8 heteroatoms. The second-order valence-corrected chi connectivity index (χ2v) is 8.16. The Morgan fingerprint density at radius 2 is 1.78 bits per heavy atom. The monoisotopic (exact) mass is 441 g/mol. The van der Waals surface area contributed by atoms with Crippen LogP contribution >= 0.6 is 0 Å². The van der Waals surface area contributed by atoms with Crippen LogP contribution in [-0.4, -0.2) is 49.6 Å². The van der Waals surface area contributed by atoms with Crippen molar-refractivity contribution in [2.75, 3.05) is 48.3 Å². The molecule has 0 saturated carbocycles. The lowest BCUT2D eigenvalue weighted by atomic mass is 10.0. The molecular weight excluding hydrogens is 409 g/mol. The summed E-state index contributed by atoms with van der Waals surface area (Å²) < 4.78 is 14.1. The molecule has 1 saturated heterocycles. The molecule has 1 aliphatic rings. The van der Waals surface area contributed by atoms with Gasteiger partial charge in [0.25, 0.3) is 0 Å². The Balaban J connectivity index is 1.70. The second kappa shape index (κ2) is 10.5. The molecule has 0 spiro atoms. The maximum Gasteiger partial charge on any atom is 0.319 e. The van der Waals surface area contributed by atoms with Gasteiger partial charge in [-0.1, -0.05) is 13.0 Å². The number of benzene rings is 2. The molecule has 1 unspecified atom stereocenters. The average Bonchev–Trinajstić information content (AvgIpc) is 2.75. The highest BCUT2D eigenvalue weighted by molar-refractivity contribution is 5.93. The van der Waals surface area contributed by atoms with E-state index >= 15 is 0 Å². The van der Waals surface area contributed by atoms with Gasteiger partial charge >= 0.3 is 6.03 Å². The van der Waals surface area contributed by atoms with Crippen LogP contribution in [0.5, 0.6) is 0 Å². The Bertz CT molecular complexity index is 973. The Morgan fingerprint density at radius 3 is 2.44 bits per heavy atom. The average molecular weight is 442 g/mol. The Hall–Kier alpha value is -3.13. The van der Waals surface area contributed by atoms with E-state index in [-0.39, 0.29) is 11.7 Å². The number of likely N-dealkylation sites (N-methyl/N-ethyl adjacent to an activating group) is 1. The summed E-state index contributed by atoms with van der Waals surface area (Å²) in [6.07, 6.45) is 0.